The summed E-state index contributed by atoms with van der Waals surface area (Å²) in [5, 5.41) is 0. The molecule has 0 amide bonds. The first-order chi connectivity index (χ1) is 8.60. The topological polar surface area (TPSA) is 26.0 Å². The maximum absolute atomic E-state index is 5.79. The highest BCUT2D eigenvalue weighted by Crippen LogP contribution is 2.32. The van der Waals surface area contributed by atoms with Crippen LogP contribution in [0.5, 0.6) is 0 Å². The lowest BCUT2D eigenvalue weighted by Gasteiger charge is -2.09. The van der Waals surface area contributed by atoms with Gasteiger partial charge in [0.25, 0.3) is 0 Å². The van der Waals surface area contributed by atoms with Gasteiger partial charge >= 0.3 is 0 Å². The molecule has 0 aliphatic carbocycles. The molecule has 0 heterocycles. The summed E-state index contributed by atoms with van der Waals surface area (Å²) in [5.41, 5.74) is 9.62. The lowest BCUT2D eigenvalue weighted by molar-refractivity contribution is 1.02. The minimum Gasteiger partial charge on any atom is -0.326 e. The van der Waals surface area contributed by atoms with Gasteiger partial charge in [0.05, 0.1) is 0 Å². The third-order valence-corrected chi connectivity index (χ3v) is 4.55. The van der Waals surface area contributed by atoms with Gasteiger partial charge in [0, 0.05) is 20.8 Å². The SMILES string of the molecule is Cc1ccc(Sc2ccc(Br)cc2CN)cc1C. The summed E-state index contributed by atoms with van der Waals surface area (Å²) in [6.07, 6.45) is 0. The highest BCUT2D eigenvalue weighted by molar-refractivity contribution is 9.10. The Morgan fingerprint density at radius 2 is 1.83 bits per heavy atom. The van der Waals surface area contributed by atoms with E-state index in [2.05, 4.69) is 66.2 Å². The van der Waals surface area contributed by atoms with Gasteiger partial charge in [0.15, 0.2) is 0 Å². The van der Waals surface area contributed by atoms with Gasteiger partial charge in [-0.2, -0.15) is 0 Å². The van der Waals surface area contributed by atoms with Crippen LogP contribution in [-0.2, 0) is 6.54 Å². The number of rotatable bonds is 3. The monoisotopic (exact) mass is 321 g/mol. The Bertz CT molecular complexity index is 566. The second kappa shape index (κ2) is 5.91. The molecule has 0 radical (unpaired) electrons. The third kappa shape index (κ3) is 3.16. The molecule has 0 saturated carbocycles. The molecule has 2 N–H and O–H groups in total. The molecule has 1 nitrogen and oxygen atoms in total. The van der Waals surface area contributed by atoms with Crippen molar-refractivity contribution in [1.29, 1.82) is 0 Å². The molecular formula is C15H16BrNS. The Kier molecular flexibility index (Phi) is 4.49. The van der Waals surface area contributed by atoms with Crippen molar-refractivity contribution in [1.82, 2.24) is 0 Å². The quantitative estimate of drug-likeness (QED) is 0.888. The van der Waals surface area contributed by atoms with Crippen LogP contribution in [0.25, 0.3) is 0 Å². The predicted molar refractivity (Wildman–Crippen MR) is 82.1 cm³/mol. The number of aryl methyl sites for hydroxylation is 2. The highest BCUT2D eigenvalue weighted by Gasteiger charge is 2.05. The maximum atomic E-state index is 5.79. The molecule has 0 spiro atoms. The molecule has 0 saturated heterocycles. The maximum Gasteiger partial charge on any atom is 0.0189 e. The molecule has 0 aromatic heterocycles. The number of nitrogens with two attached hydrogens (primary N) is 1. The van der Waals surface area contributed by atoms with Crippen molar-refractivity contribution in [2.75, 3.05) is 0 Å². The molecule has 0 atom stereocenters. The van der Waals surface area contributed by atoms with Crippen LogP contribution in [0.1, 0.15) is 16.7 Å². The van der Waals surface area contributed by atoms with Gasteiger partial charge in [-0.15, -0.1) is 0 Å². The minimum atomic E-state index is 0.562. The van der Waals surface area contributed by atoms with Gasteiger partial charge in [-0.1, -0.05) is 33.8 Å². The van der Waals surface area contributed by atoms with Crippen LogP contribution in [0.3, 0.4) is 0 Å². The zero-order chi connectivity index (χ0) is 13.1. The summed E-state index contributed by atoms with van der Waals surface area (Å²) in [7, 11) is 0. The molecular weight excluding hydrogens is 306 g/mol. The van der Waals surface area contributed by atoms with Crippen LogP contribution < -0.4 is 5.73 Å². The van der Waals surface area contributed by atoms with E-state index in [-0.39, 0.29) is 0 Å². The first-order valence-corrected chi connectivity index (χ1v) is 7.44. The van der Waals surface area contributed by atoms with Crippen LogP contribution in [0.2, 0.25) is 0 Å². The average molecular weight is 322 g/mol. The van der Waals surface area contributed by atoms with Gasteiger partial charge in [-0.05, 0) is 60.9 Å². The summed E-state index contributed by atoms with van der Waals surface area (Å²) in [6.45, 7) is 4.84. The highest BCUT2D eigenvalue weighted by atomic mass is 79.9. The summed E-state index contributed by atoms with van der Waals surface area (Å²) in [4.78, 5) is 2.49. The second-order valence-electron chi connectivity index (χ2n) is 4.30. The normalized spacial score (nSPS) is 10.7. The smallest absolute Gasteiger partial charge is 0.0189 e. The Morgan fingerprint density at radius 1 is 1.06 bits per heavy atom. The Hall–Kier alpha value is -0.770. The lowest BCUT2D eigenvalue weighted by Crippen LogP contribution is -1.98. The Morgan fingerprint density at radius 3 is 2.50 bits per heavy atom. The van der Waals surface area contributed by atoms with Gasteiger partial charge in [0.2, 0.25) is 0 Å². The fraction of sp³-hybridized carbons (Fsp3) is 0.200. The van der Waals surface area contributed by atoms with Gasteiger partial charge in [-0.3, -0.25) is 0 Å². The molecule has 0 unspecified atom stereocenters. The van der Waals surface area contributed by atoms with E-state index in [4.69, 9.17) is 5.73 Å². The zero-order valence-electron chi connectivity index (χ0n) is 10.5. The van der Waals surface area contributed by atoms with Gasteiger partial charge in [0.1, 0.15) is 0 Å². The number of hydrogen-bond donors (Lipinski definition) is 1. The van der Waals surface area contributed by atoms with E-state index >= 15 is 0 Å². The summed E-state index contributed by atoms with van der Waals surface area (Å²) in [6, 6.07) is 12.8. The van der Waals surface area contributed by atoms with E-state index in [1.54, 1.807) is 11.8 Å². The van der Waals surface area contributed by atoms with E-state index in [0.29, 0.717) is 6.54 Å². The van der Waals surface area contributed by atoms with Crippen molar-refractivity contribution in [2.45, 2.75) is 30.2 Å². The average Bonchev–Trinajstić information content (AvgIpc) is 2.36. The van der Waals surface area contributed by atoms with E-state index < -0.39 is 0 Å². The molecule has 0 bridgehead atoms. The molecule has 2 aromatic carbocycles. The summed E-state index contributed by atoms with van der Waals surface area (Å²) >= 11 is 5.25. The largest absolute Gasteiger partial charge is 0.326 e. The molecule has 0 fully saturated rings. The predicted octanol–water partition coefficient (Wildman–Crippen LogP) is 4.68. The van der Waals surface area contributed by atoms with E-state index in [0.717, 1.165) is 4.47 Å². The van der Waals surface area contributed by atoms with E-state index in [1.807, 2.05) is 0 Å². The van der Waals surface area contributed by atoms with Crippen molar-refractivity contribution < 1.29 is 0 Å². The minimum absolute atomic E-state index is 0.562. The molecule has 2 aromatic rings. The molecule has 94 valence electrons. The van der Waals surface area contributed by atoms with Crippen LogP contribution in [0.15, 0.2) is 50.7 Å². The van der Waals surface area contributed by atoms with Crippen molar-refractivity contribution in [3.63, 3.8) is 0 Å². The molecule has 0 aliphatic rings. The van der Waals surface area contributed by atoms with Crippen LogP contribution in [0, 0.1) is 13.8 Å². The van der Waals surface area contributed by atoms with E-state index in [1.165, 1.54) is 26.5 Å². The van der Waals surface area contributed by atoms with Gasteiger partial charge in [-0.25, -0.2) is 0 Å². The summed E-state index contributed by atoms with van der Waals surface area (Å²) in [5.74, 6) is 0. The number of hydrogen-bond acceptors (Lipinski definition) is 2. The standard InChI is InChI=1S/C15H16BrNS/c1-10-3-5-14(7-11(10)2)18-15-6-4-13(16)8-12(15)9-17/h3-8H,9,17H2,1-2H3. The van der Waals surface area contributed by atoms with Crippen LogP contribution in [0.4, 0.5) is 0 Å². The lowest BCUT2D eigenvalue weighted by atomic mass is 10.1. The van der Waals surface area contributed by atoms with Crippen molar-refractivity contribution in [2.24, 2.45) is 5.73 Å². The molecule has 3 heteroatoms. The zero-order valence-corrected chi connectivity index (χ0v) is 12.9. The van der Waals surface area contributed by atoms with Gasteiger partial charge < -0.3 is 5.73 Å². The Balaban J connectivity index is 2.30. The fourth-order valence-corrected chi connectivity index (χ4v) is 3.16. The molecule has 0 aliphatic heterocycles. The first kappa shape index (κ1) is 13.7. The van der Waals surface area contributed by atoms with Crippen LogP contribution in [-0.4, -0.2) is 0 Å². The third-order valence-electron chi connectivity index (χ3n) is 2.95. The number of benzene rings is 2. The van der Waals surface area contributed by atoms with Crippen molar-refractivity contribution >= 4 is 27.7 Å². The van der Waals surface area contributed by atoms with Crippen LogP contribution >= 0.6 is 27.7 Å². The Labute approximate surface area is 121 Å². The van der Waals surface area contributed by atoms with Crippen molar-refractivity contribution in [3.05, 3.63) is 57.6 Å². The fourth-order valence-electron chi connectivity index (χ4n) is 1.71. The second-order valence-corrected chi connectivity index (χ2v) is 6.34. The molecule has 18 heavy (non-hydrogen) atoms. The van der Waals surface area contributed by atoms with Crippen molar-refractivity contribution in [3.8, 4) is 0 Å². The number of halogens is 1. The first-order valence-electron chi connectivity index (χ1n) is 5.84. The van der Waals surface area contributed by atoms with E-state index in [9.17, 15) is 0 Å². The summed E-state index contributed by atoms with van der Waals surface area (Å²) < 4.78 is 1.08. The molecule has 2 rings (SSSR count).